The maximum Gasteiger partial charge on any atom is 0.303 e. The van der Waals surface area contributed by atoms with Crippen molar-refractivity contribution in [2.24, 2.45) is 11.8 Å². The van der Waals surface area contributed by atoms with Crippen LogP contribution >= 0.6 is 0 Å². The molecule has 0 heterocycles. The summed E-state index contributed by atoms with van der Waals surface area (Å²) in [6.07, 6.45) is 8.89. The average molecular weight is 256 g/mol. The van der Waals surface area contributed by atoms with Crippen molar-refractivity contribution in [3.05, 3.63) is 0 Å². The summed E-state index contributed by atoms with van der Waals surface area (Å²) in [4.78, 5) is 21.0. The Morgan fingerprint density at radius 3 is 1.56 bits per heavy atom. The van der Waals surface area contributed by atoms with Crippen molar-refractivity contribution < 1.29 is 19.8 Å². The second-order valence-corrected chi connectivity index (χ2v) is 5.38. The van der Waals surface area contributed by atoms with E-state index >= 15 is 0 Å². The first-order valence-corrected chi connectivity index (χ1v) is 7.03. The molecule has 18 heavy (non-hydrogen) atoms. The Balaban J connectivity index is 2.27. The number of hydrogen-bond donors (Lipinski definition) is 2. The zero-order chi connectivity index (χ0) is 13.4. The van der Waals surface area contributed by atoms with E-state index in [0.717, 1.165) is 25.7 Å². The van der Waals surface area contributed by atoms with Gasteiger partial charge in [0.1, 0.15) is 0 Å². The van der Waals surface area contributed by atoms with Crippen LogP contribution in [-0.2, 0) is 9.59 Å². The third kappa shape index (κ3) is 6.03. The van der Waals surface area contributed by atoms with Crippen molar-refractivity contribution in [3.8, 4) is 0 Å². The fourth-order valence-electron chi connectivity index (χ4n) is 3.08. The number of carboxylic acid groups (broad SMARTS) is 2. The lowest BCUT2D eigenvalue weighted by molar-refractivity contribution is -0.138. The average Bonchev–Trinajstić information content (AvgIpc) is 2.30. The van der Waals surface area contributed by atoms with Crippen LogP contribution in [0.25, 0.3) is 0 Å². The topological polar surface area (TPSA) is 74.6 Å². The van der Waals surface area contributed by atoms with Gasteiger partial charge in [-0.3, -0.25) is 9.59 Å². The van der Waals surface area contributed by atoms with E-state index < -0.39 is 11.9 Å². The largest absolute Gasteiger partial charge is 0.481 e. The third-order valence-electron chi connectivity index (χ3n) is 4.00. The number of rotatable bonds is 8. The van der Waals surface area contributed by atoms with Gasteiger partial charge in [0.2, 0.25) is 0 Å². The SMILES string of the molecule is O=C(O)CCCC1CCCCC1CCCC(=O)O. The summed E-state index contributed by atoms with van der Waals surface area (Å²) in [5, 5.41) is 17.3. The lowest BCUT2D eigenvalue weighted by atomic mass is 9.74. The quantitative estimate of drug-likeness (QED) is 0.698. The molecule has 1 aliphatic carbocycles. The van der Waals surface area contributed by atoms with Crippen LogP contribution < -0.4 is 0 Å². The minimum atomic E-state index is -0.715. The zero-order valence-corrected chi connectivity index (χ0v) is 10.9. The van der Waals surface area contributed by atoms with Crippen LogP contribution in [0.5, 0.6) is 0 Å². The molecular formula is C14H24O4. The first-order chi connectivity index (χ1) is 8.59. The molecular weight excluding hydrogens is 232 g/mol. The van der Waals surface area contributed by atoms with E-state index in [1.54, 1.807) is 0 Å². The zero-order valence-electron chi connectivity index (χ0n) is 10.9. The Morgan fingerprint density at radius 1 is 0.833 bits per heavy atom. The van der Waals surface area contributed by atoms with Crippen molar-refractivity contribution in [1.29, 1.82) is 0 Å². The predicted molar refractivity (Wildman–Crippen MR) is 68.4 cm³/mol. The minimum Gasteiger partial charge on any atom is -0.481 e. The highest BCUT2D eigenvalue weighted by molar-refractivity contribution is 5.66. The standard InChI is InChI=1S/C14H24O4/c15-13(16)9-3-7-11-5-1-2-6-12(11)8-4-10-14(17)18/h11-12H,1-10H2,(H,15,16)(H,17,18). The fraction of sp³-hybridized carbons (Fsp3) is 0.857. The Kier molecular flexibility index (Phi) is 6.76. The third-order valence-corrected chi connectivity index (χ3v) is 4.00. The molecule has 104 valence electrons. The Bertz CT molecular complexity index is 247. The molecule has 1 aliphatic rings. The van der Waals surface area contributed by atoms with E-state index in [4.69, 9.17) is 10.2 Å². The van der Waals surface area contributed by atoms with Crippen molar-refractivity contribution >= 4 is 11.9 Å². The van der Waals surface area contributed by atoms with Crippen molar-refractivity contribution in [1.82, 2.24) is 0 Å². The molecule has 1 saturated carbocycles. The molecule has 4 heteroatoms. The monoisotopic (exact) mass is 256 g/mol. The van der Waals surface area contributed by atoms with Crippen LogP contribution in [0.2, 0.25) is 0 Å². The molecule has 0 aromatic rings. The summed E-state index contributed by atoms with van der Waals surface area (Å²) in [5.74, 6) is -0.194. The molecule has 2 N–H and O–H groups in total. The van der Waals surface area contributed by atoms with Crippen LogP contribution in [-0.4, -0.2) is 22.2 Å². The summed E-state index contributed by atoms with van der Waals surface area (Å²) < 4.78 is 0. The number of aliphatic carboxylic acids is 2. The summed E-state index contributed by atoms with van der Waals surface area (Å²) in [7, 11) is 0. The van der Waals surface area contributed by atoms with Crippen LogP contribution in [0.4, 0.5) is 0 Å². The molecule has 4 nitrogen and oxygen atoms in total. The van der Waals surface area contributed by atoms with Gasteiger partial charge in [0.25, 0.3) is 0 Å². The van der Waals surface area contributed by atoms with Gasteiger partial charge in [0, 0.05) is 12.8 Å². The lowest BCUT2D eigenvalue weighted by Crippen LogP contribution is -2.20. The molecule has 0 radical (unpaired) electrons. The summed E-state index contributed by atoms with van der Waals surface area (Å²) in [5.41, 5.74) is 0. The summed E-state index contributed by atoms with van der Waals surface area (Å²) in [6, 6.07) is 0. The second-order valence-electron chi connectivity index (χ2n) is 5.38. The van der Waals surface area contributed by atoms with Crippen molar-refractivity contribution in [2.45, 2.75) is 64.2 Å². The molecule has 2 atom stereocenters. The van der Waals surface area contributed by atoms with Gasteiger partial charge in [0.05, 0.1) is 0 Å². The van der Waals surface area contributed by atoms with Crippen molar-refractivity contribution in [3.63, 3.8) is 0 Å². The molecule has 0 saturated heterocycles. The second kappa shape index (κ2) is 8.11. The Morgan fingerprint density at radius 2 is 1.22 bits per heavy atom. The van der Waals surface area contributed by atoms with Gasteiger partial charge in [-0.2, -0.15) is 0 Å². The summed E-state index contributed by atoms with van der Waals surface area (Å²) >= 11 is 0. The molecule has 0 aromatic heterocycles. The van der Waals surface area contributed by atoms with E-state index in [2.05, 4.69) is 0 Å². The van der Waals surface area contributed by atoms with Gasteiger partial charge < -0.3 is 10.2 Å². The van der Waals surface area contributed by atoms with Crippen LogP contribution in [0.1, 0.15) is 64.2 Å². The molecule has 0 bridgehead atoms. The molecule has 2 unspecified atom stereocenters. The first-order valence-electron chi connectivity index (χ1n) is 7.03. The van der Waals surface area contributed by atoms with E-state index in [-0.39, 0.29) is 12.8 Å². The first kappa shape index (κ1) is 15.0. The van der Waals surface area contributed by atoms with Gasteiger partial charge in [-0.1, -0.05) is 25.7 Å². The van der Waals surface area contributed by atoms with Gasteiger partial charge in [-0.25, -0.2) is 0 Å². The normalized spacial score (nSPS) is 23.8. The maximum atomic E-state index is 10.5. The molecule has 0 aliphatic heterocycles. The highest BCUT2D eigenvalue weighted by Gasteiger charge is 2.24. The maximum absolute atomic E-state index is 10.5. The van der Waals surface area contributed by atoms with E-state index in [1.807, 2.05) is 0 Å². The van der Waals surface area contributed by atoms with Gasteiger partial charge >= 0.3 is 11.9 Å². The highest BCUT2D eigenvalue weighted by atomic mass is 16.4. The van der Waals surface area contributed by atoms with Crippen LogP contribution in [0.3, 0.4) is 0 Å². The van der Waals surface area contributed by atoms with Crippen LogP contribution in [0, 0.1) is 11.8 Å². The van der Waals surface area contributed by atoms with E-state index in [0.29, 0.717) is 11.8 Å². The number of carboxylic acids is 2. The molecule has 1 rings (SSSR count). The minimum absolute atomic E-state index is 0.262. The molecule has 0 aromatic carbocycles. The molecule has 0 amide bonds. The molecule has 1 fully saturated rings. The van der Waals surface area contributed by atoms with Gasteiger partial charge in [-0.05, 0) is 37.5 Å². The number of hydrogen-bond acceptors (Lipinski definition) is 2. The smallest absolute Gasteiger partial charge is 0.303 e. The Hall–Kier alpha value is -1.06. The van der Waals surface area contributed by atoms with E-state index in [9.17, 15) is 9.59 Å². The predicted octanol–water partition coefficient (Wildman–Crippen LogP) is 3.30. The Labute approximate surface area is 108 Å². The number of carbonyl (C=O) groups is 2. The van der Waals surface area contributed by atoms with Gasteiger partial charge in [0.15, 0.2) is 0 Å². The van der Waals surface area contributed by atoms with Crippen LogP contribution in [0.15, 0.2) is 0 Å². The fourth-order valence-corrected chi connectivity index (χ4v) is 3.08. The van der Waals surface area contributed by atoms with Crippen molar-refractivity contribution in [2.75, 3.05) is 0 Å². The highest BCUT2D eigenvalue weighted by Crippen LogP contribution is 2.36. The molecule has 0 spiro atoms. The summed E-state index contributed by atoms with van der Waals surface area (Å²) in [6.45, 7) is 0. The van der Waals surface area contributed by atoms with E-state index in [1.165, 1.54) is 25.7 Å². The lowest BCUT2D eigenvalue weighted by Gasteiger charge is -2.31. The van der Waals surface area contributed by atoms with Gasteiger partial charge in [-0.15, -0.1) is 0 Å².